The molecule has 1 saturated carbocycles. The zero-order valence-corrected chi connectivity index (χ0v) is 13.2. The van der Waals surface area contributed by atoms with Gasteiger partial charge in [-0.05, 0) is 47.6 Å². The molecule has 5 heteroatoms. The highest BCUT2D eigenvalue weighted by atomic mass is 32.1. The molecule has 0 radical (unpaired) electrons. The van der Waals surface area contributed by atoms with E-state index in [-0.39, 0.29) is 24.0 Å². The average molecular weight is 296 g/mol. The van der Waals surface area contributed by atoms with Crippen LogP contribution in [-0.2, 0) is 5.60 Å². The van der Waals surface area contributed by atoms with Crippen molar-refractivity contribution < 1.29 is 9.90 Å². The molecule has 2 unspecified atom stereocenters. The van der Waals surface area contributed by atoms with E-state index in [1.54, 1.807) is 6.92 Å². The Morgan fingerprint density at radius 2 is 2.35 bits per heavy atom. The summed E-state index contributed by atoms with van der Waals surface area (Å²) in [6, 6.07) is 1.90. The van der Waals surface area contributed by atoms with E-state index in [9.17, 15) is 9.90 Å². The maximum Gasteiger partial charge on any atom is 0.315 e. The van der Waals surface area contributed by atoms with Crippen LogP contribution in [0.15, 0.2) is 16.8 Å². The van der Waals surface area contributed by atoms with Gasteiger partial charge in [-0.15, -0.1) is 0 Å². The lowest BCUT2D eigenvalue weighted by Crippen LogP contribution is -2.49. The molecule has 1 heterocycles. The molecule has 1 aliphatic carbocycles. The molecule has 0 bridgehead atoms. The summed E-state index contributed by atoms with van der Waals surface area (Å²) in [5.41, 5.74) is -0.0283. The number of hydrogen-bond donors (Lipinski definition) is 3. The van der Waals surface area contributed by atoms with E-state index in [2.05, 4.69) is 24.5 Å². The lowest BCUT2D eigenvalue weighted by molar-refractivity contribution is 0.0595. The van der Waals surface area contributed by atoms with Crippen LogP contribution in [0.1, 0.15) is 45.6 Å². The molecule has 20 heavy (non-hydrogen) atoms. The van der Waals surface area contributed by atoms with Gasteiger partial charge in [0.25, 0.3) is 0 Å². The first-order valence-corrected chi connectivity index (χ1v) is 8.05. The zero-order valence-electron chi connectivity index (χ0n) is 12.4. The molecule has 1 fully saturated rings. The highest BCUT2D eigenvalue weighted by molar-refractivity contribution is 7.08. The quantitative estimate of drug-likeness (QED) is 0.800. The molecule has 2 atom stereocenters. The summed E-state index contributed by atoms with van der Waals surface area (Å²) in [5.74, 6) is 0. The standard InChI is InChI=1S/C15H24N2O2S/c1-14(2)7-4-5-12(14)17-13(18)16-10-15(3,19)11-6-8-20-9-11/h6,8-9,12,19H,4-5,7,10H2,1-3H3,(H2,16,17,18). The van der Waals surface area contributed by atoms with Gasteiger partial charge in [0.05, 0.1) is 6.54 Å². The Kier molecular flexibility index (Phi) is 4.39. The van der Waals surface area contributed by atoms with Gasteiger partial charge in [-0.2, -0.15) is 11.3 Å². The molecular formula is C15H24N2O2S. The third-order valence-corrected chi connectivity index (χ3v) is 4.98. The Balaban J connectivity index is 1.84. The topological polar surface area (TPSA) is 61.4 Å². The van der Waals surface area contributed by atoms with Crippen LogP contribution in [0.4, 0.5) is 4.79 Å². The van der Waals surface area contributed by atoms with Crippen LogP contribution in [0.25, 0.3) is 0 Å². The summed E-state index contributed by atoms with van der Waals surface area (Å²) in [6.45, 7) is 6.30. The number of amides is 2. The third kappa shape index (κ3) is 3.52. The predicted molar refractivity (Wildman–Crippen MR) is 81.8 cm³/mol. The Labute approximate surface area is 124 Å². The molecule has 1 aromatic rings. The van der Waals surface area contributed by atoms with Gasteiger partial charge in [-0.3, -0.25) is 0 Å². The largest absolute Gasteiger partial charge is 0.384 e. The molecule has 1 aliphatic rings. The van der Waals surface area contributed by atoms with Crippen molar-refractivity contribution in [1.82, 2.24) is 10.6 Å². The second-order valence-electron chi connectivity index (χ2n) is 6.55. The van der Waals surface area contributed by atoms with Gasteiger partial charge < -0.3 is 15.7 Å². The van der Waals surface area contributed by atoms with Gasteiger partial charge >= 0.3 is 6.03 Å². The lowest BCUT2D eigenvalue weighted by Gasteiger charge is -2.29. The molecule has 0 aliphatic heterocycles. The van der Waals surface area contributed by atoms with Crippen LogP contribution in [-0.4, -0.2) is 23.7 Å². The van der Waals surface area contributed by atoms with Crippen molar-refractivity contribution in [1.29, 1.82) is 0 Å². The summed E-state index contributed by atoms with van der Waals surface area (Å²) in [4.78, 5) is 12.0. The van der Waals surface area contributed by atoms with Crippen molar-refractivity contribution in [3.05, 3.63) is 22.4 Å². The fourth-order valence-corrected chi connectivity index (χ4v) is 3.51. The zero-order chi connectivity index (χ0) is 14.8. The molecule has 112 valence electrons. The van der Waals surface area contributed by atoms with Crippen molar-refractivity contribution in [2.45, 2.75) is 51.7 Å². The lowest BCUT2D eigenvalue weighted by atomic mass is 9.87. The van der Waals surface area contributed by atoms with E-state index in [1.165, 1.54) is 11.3 Å². The van der Waals surface area contributed by atoms with E-state index < -0.39 is 5.60 Å². The maximum absolute atomic E-state index is 12.0. The number of urea groups is 1. The van der Waals surface area contributed by atoms with Crippen LogP contribution < -0.4 is 10.6 Å². The molecule has 3 N–H and O–H groups in total. The van der Waals surface area contributed by atoms with E-state index in [4.69, 9.17) is 0 Å². The van der Waals surface area contributed by atoms with E-state index >= 15 is 0 Å². The molecule has 0 aromatic carbocycles. The number of thiophene rings is 1. The van der Waals surface area contributed by atoms with Gasteiger partial charge in [0.15, 0.2) is 0 Å². The van der Waals surface area contributed by atoms with E-state index in [0.717, 1.165) is 24.8 Å². The van der Waals surface area contributed by atoms with Gasteiger partial charge in [-0.25, -0.2) is 4.79 Å². The number of hydrogen-bond acceptors (Lipinski definition) is 3. The number of nitrogens with one attached hydrogen (secondary N) is 2. The van der Waals surface area contributed by atoms with Crippen LogP contribution >= 0.6 is 11.3 Å². The number of carbonyl (C=O) groups is 1. The minimum atomic E-state index is -1.03. The number of carbonyl (C=O) groups excluding carboxylic acids is 1. The Morgan fingerprint density at radius 1 is 1.60 bits per heavy atom. The number of aliphatic hydroxyl groups is 1. The minimum Gasteiger partial charge on any atom is -0.384 e. The first-order chi connectivity index (χ1) is 9.31. The maximum atomic E-state index is 12.0. The summed E-state index contributed by atoms with van der Waals surface area (Å²) < 4.78 is 0. The van der Waals surface area contributed by atoms with Crippen molar-refractivity contribution in [2.75, 3.05) is 6.54 Å². The van der Waals surface area contributed by atoms with Gasteiger partial charge in [0.1, 0.15) is 5.60 Å². The summed E-state index contributed by atoms with van der Waals surface area (Å²) in [7, 11) is 0. The Bertz CT molecular complexity index is 454. The second-order valence-corrected chi connectivity index (χ2v) is 7.33. The smallest absolute Gasteiger partial charge is 0.315 e. The predicted octanol–water partition coefficient (Wildman–Crippen LogP) is 2.83. The van der Waals surface area contributed by atoms with Gasteiger partial charge in [0.2, 0.25) is 0 Å². The highest BCUT2D eigenvalue weighted by Gasteiger charge is 2.35. The van der Waals surface area contributed by atoms with Crippen molar-refractivity contribution in [2.24, 2.45) is 5.41 Å². The molecule has 0 spiro atoms. The fraction of sp³-hybridized carbons (Fsp3) is 0.667. The van der Waals surface area contributed by atoms with Crippen LogP contribution in [0.3, 0.4) is 0 Å². The fourth-order valence-electron chi connectivity index (χ4n) is 2.73. The van der Waals surface area contributed by atoms with Crippen LogP contribution in [0.2, 0.25) is 0 Å². The second kappa shape index (κ2) is 5.74. The number of rotatable bonds is 4. The van der Waals surface area contributed by atoms with Crippen molar-refractivity contribution >= 4 is 17.4 Å². The van der Waals surface area contributed by atoms with Crippen LogP contribution in [0, 0.1) is 5.41 Å². The first kappa shape index (κ1) is 15.3. The van der Waals surface area contributed by atoms with Crippen LogP contribution in [0.5, 0.6) is 0 Å². The molecule has 1 aromatic heterocycles. The molecule has 4 nitrogen and oxygen atoms in total. The van der Waals surface area contributed by atoms with E-state index in [0.29, 0.717) is 0 Å². The monoisotopic (exact) mass is 296 g/mol. The molecule has 2 rings (SSSR count). The average Bonchev–Trinajstić information content (AvgIpc) is 2.98. The first-order valence-electron chi connectivity index (χ1n) is 7.11. The highest BCUT2D eigenvalue weighted by Crippen LogP contribution is 2.37. The third-order valence-electron chi connectivity index (χ3n) is 4.30. The van der Waals surface area contributed by atoms with Crippen molar-refractivity contribution in [3.8, 4) is 0 Å². The molecule has 2 amide bonds. The minimum absolute atomic E-state index is 0.160. The van der Waals surface area contributed by atoms with Gasteiger partial charge in [-0.1, -0.05) is 20.3 Å². The Morgan fingerprint density at radius 3 is 2.90 bits per heavy atom. The van der Waals surface area contributed by atoms with E-state index in [1.807, 2.05) is 16.8 Å². The summed E-state index contributed by atoms with van der Waals surface area (Å²) in [5, 5.41) is 20.0. The van der Waals surface area contributed by atoms with Gasteiger partial charge in [0, 0.05) is 6.04 Å². The van der Waals surface area contributed by atoms with Crippen molar-refractivity contribution in [3.63, 3.8) is 0 Å². The summed E-state index contributed by atoms with van der Waals surface area (Å²) in [6.07, 6.45) is 3.33. The summed E-state index contributed by atoms with van der Waals surface area (Å²) >= 11 is 1.54. The normalized spacial score (nSPS) is 24.1. The SMILES string of the molecule is CC(O)(CNC(=O)NC1CCCC1(C)C)c1ccsc1. The molecule has 0 saturated heterocycles. The Hall–Kier alpha value is -1.07. The molecular weight excluding hydrogens is 272 g/mol.